The molecule has 26 heavy (non-hydrogen) atoms. The van der Waals surface area contributed by atoms with Crippen molar-refractivity contribution in [3.8, 4) is 5.75 Å². The summed E-state index contributed by atoms with van der Waals surface area (Å²) >= 11 is 5.82. The number of benzene rings is 2. The smallest absolute Gasteiger partial charge is 0.414 e. The molecule has 0 unspecified atom stereocenters. The van der Waals surface area contributed by atoms with Crippen LogP contribution in [0.4, 0.5) is 10.5 Å². The molecule has 0 spiro atoms. The molecule has 1 amide bonds. The second kappa shape index (κ2) is 10.7. The van der Waals surface area contributed by atoms with Gasteiger partial charge in [0.2, 0.25) is 0 Å². The molecular weight excluding hydrogens is 354 g/mol. The Morgan fingerprint density at radius 1 is 1.15 bits per heavy atom. The molecule has 0 bridgehead atoms. The first-order chi connectivity index (χ1) is 12.7. The lowest BCUT2D eigenvalue weighted by Gasteiger charge is -2.24. The molecule has 140 valence electrons. The van der Waals surface area contributed by atoms with Gasteiger partial charge in [-0.1, -0.05) is 30.3 Å². The second-order valence-electron chi connectivity index (χ2n) is 5.73. The summed E-state index contributed by atoms with van der Waals surface area (Å²) in [6, 6.07) is 15.1. The molecular formula is C20H24ClNO4. The van der Waals surface area contributed by atoms with Crippen LogP contribution in [0.1, 0.15) is 17.5 Å². The molecule has 0 N–H and O–H groups in total. The SMILES string of the molecule is COCOc1ccc(N(CCCCl)C(=O)OCc2ccccc2)c(C)c1. The number of halogens is 1. The number of hydrogen-bond donors (Lipinski definition) is 0. The standard InChI is InChI=1S/C20H24ClNO4/c1-16-13-18(26-15-24-2)9-10-19(16)22(12-6-11-21)20(23)25-14-17-7-4-3-5-8-17/h3-5,7-10,13H,6,11-12,14-15H2,1-2H3. The zero-order chi connectivity index (χ0) is 18.8. The third-order valence-corrected chi connectivity index (χ3v) is 4.01. The Morgan fingerprint density at radius 3 is 2.58 bits per heavy atom. The van der Waals surface area contributed by atoms with Crippen LogP contribution in [0, 0.1) is 6.92 Å². The predicted octanol–water partition coefficient (Wildman–Crippen LogP) is 4.75. The van der Waals surface area contributed by atoms with E-state index in [0.29, 0.717) is 24.6 Å². The summed E-state index contributed by atoms with van der Waals surface area (Å²) in [5.41, 5.74) is 2.63. The molecule has 0 aliphatic rings. The van der Waals surface area contributed by atoms with Gasteiger partial charge in [-0.15, -0.1) is 11.6 Å². The summed E-state index contributed by atoms with van der Waals surface area (Å²) in [7, 11) is 1.57. The van der Waals surface area contributed by atoms with E-state index >= 15 is 0 Å². The van der Waals surface area contributed by atoms with Gasteiger partial charge in [-0.2, -0.15) is 0 Å². The topological polar surface area (TPSA) is 48.0 Å². The van der Waals surface area contributed by atoms with E-state index in [-0.39, 0.29) is 13.4 Å². The summed E-state index contributed by atoms with van der Waals surface area (Å²) in [6.07, 6.45) is 0.274. The van der Waals surface area contributed by atoms with Crippen molar-refractivity contribution in [1.29, 1.82) is 0 Å². The summed E-state index contributed by atoms with van der Waals surface area (Å²) in [6.45, 7) is 2.81. The van der Waals surface area contributed by atoms with Crippen LogP contribution in [0.2, 0.25) is 0 Å². The number of aryl methyl sites for hydroxylation is 1. The lowest BCUT2D eigenvalue weighted by Crippen LogP contribution is -2.33. The maximum atomic E-state index is 12.6. The van der Waals surface area contributed by atoms with Crippen LogP contribution in [0.15, 0.2) is 48.5 Å². The van der Waals surface area contributed by atoms with Crippen molar-refractivity contribution in [3.05, 3.63) is 59.7 Å². The van der Waals surface area contributed by atoms with Crippen LogP contribution in [0.25, 0.3) is 0 Å². The van der Waals surface area contributed by atoms with E-state index in [9.17, 15) is 4.79 Å². The number of nitrogens with zero attached hydrogens (tertiary/aromatic N) is 1. The predicted molar refractivity (Wildman–Crippen MR) is 103 cm³/mol. The molecule has 5 nitrogen and oxygen atoms in total. The fourth-order valence-electron chi connectivity index (χ4n) is 2.47. The molecule has 0 saturated carbocycles. The molecule has 0 fully saturated rings. The van der Waals surface area contributed by atoms with Crippen molar-refractivity contribution < 1.29 is 19.0 Å². The van der Waals surface area contributed by atoms with Crippen molar-refractivity contribution in [2.75, 3.05) is 31.2 Å². The van der Waals surface area contributed by atoms with Gasteiger partial charge in [0.1, 0.15) is 12.4 Å². The Hall–Kier alpha value is -2.24. The zero-order valence-electron chi connectivity index (χ0n) is 15.1. The summed E-state index contributed by atoms with van der Waals surface area (Å²) in [4.78, 5) is 14.3. The van der Waals surface area contributed by atoms with Crippen LogP contribution in [-0.2, 0) is 16.1 Å². The average molecular weight is 378 g/mol. The van der Waals surface area contributed by atoms with Gasteiger partial charge in [-0.25, -0.2) is 4.79 Å². The highest BCUT2D eigenvalue weighted by molar-refractivity contribution is 6.17. The van der Waals surface area contributed by atoms with Gasteiger partial charge >= 0.3 is 6.09 Å². The minimum absolute atomic E-state index is 0.174. The van der Waals surface area contributed by atoms with E-state index in [4.69, 9.17) is 25.8 Å². The van der Waals surface area contributed by atoms with Crippen molar-refractivity contribution in [3.63, 3.8) is 0 Å². The minimum atomic E-state index is -0.396. The summed E-state index contributed by atoms with van der Waals surface area (Å²) < 4.78 is 15.8. The molecule has 2 rings (SSSR count). The number of rotatable bonds is 9. The number of amides is 1. The fourth-order valence-corrected chi connectivity index (χ4v) is 2.59. The molecule has 6 heteroatoms. The maximum Gasteiger partial charge on any atom is 0.414 e. The molecule has 0 radical (unpaired) electrons. The van der Waals surface area contributed by atoms with E-state index in [1.807, 2.05) is 49.4 Å². The highest BCUT2D eigenvalue weighted by Crippen LogP contribution is 2.26. The number of hydrogen-bond acceptors (Lipinski definition) is 4. The Kier molecular flexibility index (Phi) is 8.25. The van der Waals surface area contributed by atoms with Crippen LogP contribution < -0.4 is 9.64 Å². The van der Waals surface area contributed by atoms with Gasteiger partial charge in [0.25, 0.3) is 0 Å². The molecule has 2 aromatic rings. The molecule has 2 aromatic carbocycles. The Morgan fingerprint density at radius 2 is 1.92 bits per heavy atom. The van der Waals surface area contributed by atoms with Crippen molar-refractivity contribution in [2.45, 2.75) is 20.0 Å². The molecule has 0 aliphatic heterocycles. The van der Waals surface area contributed by atoms with Gasteiger partial charge in [0, 0.05) is 19.5 Å². The van der Waals surface area contributed by atoms with E-state index in [1.165, 1.54) is 0 Å². The maximum absolute atomic E-state index is 12.6. The quantitative estimate of drug-likeness (QED) is 0.467. The molecule has 0 aliphatic carbocycles. The van der Waals surface area contributed by atoms with Gasteiger partial charge < -0.3 is 14.2 Å². The molecule has 0 saturated heterocycles. The third-order valence-electron chi connectivity index (χ3n) is 3.74. The number of carbonyl (C=O) groups is 1. The summed E-state index contributed by atoms with van der Waals surface area (Å²) in [5.74, 6) is 1.15. The second-order valence-corrected chi connectivity index (χ2v) is 6.11. The first kappa shape index (κ1) is 20.1. The largest absolute Gasteiger partial charge is 0.468 e. The zero-order valence-corrected chi connectivity index (χ0v) is 15.9. The average Bonchev–Trinajstić information content (AvgIpc) is 2.67. The first-order valence-electron chi connectivity index (χ1n) is 8.42. The first-order valence-corrected chi connectivity index (χ1v) is 8.95. The van der Waals surface area contributed by atoms with E-state index in [1.54, 1.807) is 18.1 Å². The van der Waals surface area contributed by atoms with Gasteiger partial charge in [0.05, 0.1) is 5.69 Å². The number of anilines is 1. The monoisotopic (exact) mass is 377 g/mol. The van der Waals surface area contributed by atoms with Gasteiger partial charge in [-0.3, -0.25) is 4.90 Å². The van der Waals surface area contributed by atoms with Crippen molar-refractivity contribution in [2.24, 2.45) is 0 Å². The lowest BCUT2D eigenvalue weighted by molar-refractivity contribution is 0.0511. The highest BCUT2D eigenvalue weighted by atomic mass is 35.5. The van der Waals surface area contributed by atoms with Crippen molar-refractivity contribution in [1.82, 2.24) is 0 Å². The Labute approximate surface area is 159 Å². The Balaban J connectivity index is 2.11. The van der Waals surface area contributed by atoms with Crippen molar-refractivity contribution >= 4 is 23.4 Å². The summed E-state index contributed by atoms with van der Waals surface area (Å²) in [5, 5.41) is 0. The van der Waals surface area contributed by atoms with E-state index in [2.05, 4.69) is 0 Å². The molecule has 0 aromatic heterocycles. The fraction of sp³-hybridized carbons (Fsp3) is 0.350. The van der Waals surface area contributed by atoms with Crippen LogP contribution in [-0.4, -0.2) is 32.4 Å². The molecule has 0 heterocycles. The number of ether oxygens (including phenoxy) is 3. The van der Waals surface area contributed by atoms with Crippen LogP contribution >= 0.6 is 11.6 Å². The minimum Gasteiger partial charge on any atom is -0.468 e. The molecule has 0 atom stereocenters. The van der Waals surface area contributed by atoms with Gasteiger partial charge in [-0.05, 0) is 42.7 Å². The Bertz CT molecular complexity index is 693. The highest BCUT2D eigenvalue weighted by Gasteiger charge is 2.19. The van der Waals surface area contributed by atoms with E-state index in [0.717, 1.165) is 16.8 Å². The normalized spacial score (nSPS) is 10.4. The number of methoxy groups -OCH3 is 1. The lowest BCUT2D eigenvalue weighted by atomic mass is 10.1. The van der Waals surface area contributed by atoms with Gasteiger partial charge in [0.15, 0.2) is 6.79 Å². The number of carbonyl (C=O) groups excluding carboxylic acids is 1. The third kappa shape index (κ3) is 5.93. The number of alkyl halides is 1. The van der Waals surface area contributed by atoms with E-state index < -0.39 is 6.09 Å². The van der Waals surface area contributed by atoms with Crippen LogP contribution in [0.3, 0.4) is 0 Å². The van der Waals surface area contributed by atoms with Crippen LogP contribution in [0.5, 0.6) is 5.75 Å².